The zero-order valence-corrected chi connectivity index (χ0v) is 12.2. The molecule has 1 unspecified atom stereocenters. The Bertz CT molecular complexity index is 388. The molecule has 0 aromatic heterocycles. The van der Waals surface area contributed by atoms with Crippen LogP contribution in [0.15, 0.2) is 24.3 Å². The van der Waals surface area contributed by atoms with Gasteiger partial charge in [-0.25, -0.2) is 0 Å². The maximum Gasteiger partial charge on any atom is 0.237 e. The van der Waals surface area contributed by atoms with Crippen LogP contribution in [0.1, 0.15) is 31.9 Å². The van der Waals surface area contributed by atoms with Crippen molar-refractivity contribution in [3.8, 4) is 0 Å². The first-order chi connectivity index (χ1) is 9.02. The van der Waals surface area contributed by atoms with Crippen LogP contribution in [0.3, 0.4) is 0 Å². The van der Waals surface area contributed by atoms with E-state index in [9.17, 15) is 4.79 Å². The number of hydrogen-bond donors (Lipinski definition) is 2. The summed E-state index contributed by atoms with van der Waals surface area (Å²) in [5, 5.41) is 6.10. The van der Waals surface area contributed by atoms with Gasteiger partial charge >= 0.3 is 0 Å². The van der Waals surface area contributed by atoms with Crippen molar-refractivity contribution in [1.29, 1.82) is 0 Å². The molecule has 106 valence electrons. The smallest absolute Gasteiger partial charge is 0.237 e. The molecular weight excluding hydrogens is 240 g/mol. The normalized spacial score (nSPS) is 12.5. The lowest BCUT2D eigenvalue weighted by molar-refractivity contribution is -0.123. The summed E-state index contributed by atoms with van der Waals surface area (Å²) in [4.78, 5) is 11.7. The molecule has 4 nitrogen and oxygen atoms in total. The summed E-state index contributed by atoms with van der Waals surface area (Å²) >= 11 is 0. The number of methoxy groups -OCH3 is 1. The Morgan fingerprint density at radius 2 is 1.74 bits per heavy atom. The minimum Gasteiger partial charge on any atom is -0.380 e. The van der Waals surface area contributed by atoms with E-state index >= 15 is 0 Å². The van der Waals surface area contributed by atoms with Gasteiger partial charge in [-0.15, -0.1) is 0 Å². The standard InChI is InChI=1S/C15H24N2O2/c1-11(2)17-15(18)12(3)16-9-13-5-7-14(8-6-13)10-19-4/h5-8,11-12,16H,9-10H2,1-4H3,(H,17,18). The monoisotopic (exact) mass is 264 g/mol. The van der Waals surface area contributed by atoms with E-state index in [-0.39, 0.29) is 18.0 Å². The second-order valence-corrected chi connectivity index (χ2v) is 5.02. The zero-order chi connectivity index (χ0) is 14.3. The molecule has 0 aliphatic heterocycles. The summed E-state index contributed by atoms with van der Waals surface area (Å²) in [7, 11) is 1.69. The number of carbonyl (C=O) groups is 1. The molecule has 0 saturated carbocycles. The van der Waals surface area contributed by atoms with Gasteiger partial charge in [-0.05, 0) is 31.9 Å². The first-order valence-electron chi connectivity index (χ1n) is 6.63. The van der Waals surface area contributed by atoms with E-state index in [4.69, 9.17) is 4.74 Å². The van der Waals surface area contributed by atoms with Crippen LogP contribution in [0.5, 0.6) is 0 Å². The number of rotatable bonds is 7. The molecule has 0 aliphatic carbocycles. The lowest BCUT2D eigenvalue weighted by Gasteiger charge is -2.16. The Morgan fingerprint density at radius 1 is 1.16 bits per heavy atom. The lowest BCUT2D eigenvalue weighted by atomic mass is 10.1. The Hall–Kier alpha value is -1.39. The second kappa shape index (κ2) is 7.92. The van der Waals surface area contributed by atoms with Gasteiger partial charge in [0.1, 0.15) is 0 Å². The number of carbonyl (C=O) groups excluding carboxylic acids is 1. The summed E-state index contributed by atoms with van der Waals surface area (Å²) in [6.07, 6.45) is 0. The van der Waals surface area contributed by atoms with Crippen LogP contribution in [0.25, 0.3) is 0 Å². The number of nitrogens with one attached hydrogen (secondary N) is 2. The molecule has 0 aliphatic rings. The number of hydrogen-bond acceptors (Lipinski definition) is 3. The predicted octanol–water partition coefficient (Wildman–Crippen LogP) is 1.84. The van der Waals surface area contributed by atoms with Crippen molar-refractivity contribution in [2.24, 2.45) is 0 Å². The first-order valence-corrected chi connectivity index (χ1v) is 6.63. The van der Waals surface area contributed by atoms with Crippen molar-refractivity contribution in [3.63, 3.8) is 0 Å². The van der Waals surface area contributed by atoms with E-state index < -0.39 is 0 Å². The van der Waals surface area contributed by atoms with Gasteiger partial charge in [0.25, 0.3) is 0 Å². The molecule has 0 radical (unpaired) electrons. The Kier molecular flexibility index (Phi) is 6.53. The second-order valence-electron chi connectivity index (χ2n) is 5.02. The molecule has 0 heterocycles. The van der Waals surface area contributed by atoms with Crippen LogP contribution in [-0.2, 0) is 22.7 Å². The summed E-state index contributed by atoms with van der Waals surface area (Å²) in [6.45, 7) is 7.09. The fourth-order valence-electron chi connectivity index (χ4n) is 1.69. The summed E-state index contributed by atoms with van der Waals surface area (Å²) in [6, 6.07) is 8.16. The average molecular weight is 264 g/mol. The summed E-state index contributed by atoms with van der Waals surface area (Å²) < 4.78 is 5.07. The molecule has 0 spiro atoms. The molecular formula is C15H24N2O2. The highest BCUT2D eigenvalue weighted by Gasteiger charge is 2.12. The third-order valence-corrected chi connectivity index (χ3v) is 2.77. The van der Waals surface area contributed by atoms with Gasteiger partial charge in [-0.1, -0.05) is 24.3 Å². The van der Waals surface area contributed by atoms with Crippen molar-refractivity contribution in [2.45, 2.75) is 46.0 Å². The van der Waals surface area contributed by atoms with E-state index in [0.29, 0.717) is 13.2 Å². The molecule has 0 saturated heterocycles. The highest BCUT2D eigenvalue weighted by Crippen LogP contribution is 2.05. The van der Waals surface area contributed by atoms with Gasteiger partial charge in [0.05, 0.1) is 12.6 Å². The summed E-state index contributed by atoms with van der Waals surface area (Å²) in [5.74, 6) is 0.0333. The highest BCUT2D eigenvalue weighted by molar-refractivity contribution is 5.81. The van der Waals surface area contributed by atoms with Crippen LogP contribution in [0, 0.1) is 0 Å². The van der Waals surface area contributed by atoms with Gasteiger partial charge in [-0.3, -0.25) is 4.79 Å². The van der Waals surface area contributed by atoms with Crippen molar-refractivity contribution in [3.05, 3.63) is 35.4 Å². The maximum absolute atomic E-state index is 11.7. The molecule has 1 aromatic carbocycles. The van der Waals surface area contributed by atoms with Crippen LogP contribution in [0.4, 0.5) is 0 Å². The van der Waals surface area contributed by atoms with E-state index in [0.717, 1.165) is 11.1 Å². The minimum absolute atomic E-state index is 0.0333. The average Bonchev–Trinajstić information content (AvgIpc) is 2.37. The van der Waals surface area contributed by atoms with Crippen LogP contribution in [0.2, 0.25) is 0 Å². The molecule has 0 bridgehead atoms. The Balaban J connectivity index is 2.41. The molecule has 4 heteroatoms. The predicted molar refractivity (Wildman–Crippen MR) is 76.7 cm³/mol. The maximum atomic E-state index is 11.7. The fourth-order valence-corrected chi connectivity index (χ4v) is 1.69. The molecule has 0 fully saturated rings. The zero-order valence-electron chi connectivity index (χ0n) is 12.2. The third kappa shape index (κ3) is 5.85. The van der Waals surface area contributed by atoms with Crippen LogP contribution < -0.4 is 10.6 Å². The van der Waals surface area contributed by atoms with Crippen molar-refractivity contribution in [1.82, 2.24) is 10.6 Å². The highest BCUT2D eigenvalue weighted by atomic mass is 16.5. The lowest BCUT2D eigenvalue weighted by Crippen LogP contribution is -2.44. The Labute approximate surface area is 115 Å². The van der Waals surface area contributed by atoms with Crippen LogP contribution in [-0.4, -0.2) is 25.1 Å². The van der Waals surface area contributed by atoms with Gasteiger partial charge < -0.3 is 15.4 Å². The van der Waals surface area contributed by atoms with E-state index in [2.05, 4.69) is 22.8 Å². The minimum atomic E-state index is -0.193. The number of benzene rings is 1. The topological polar surface area (TPSA) is 50.4 Å². The fraction of sp³-hybridized carbons (Fsp3) is 0.533. The van der Waals surface area contributed by atoms with E-state index in [1.807, 2.05) is 32.9 Å². The molecule has 1 amide bonds. The third-order valence-electron chi connectivity index (χ3n) is 2.77. The SMILES string of the molecule is COCc1ccc(CNC(C)C(=O)NC(C)C)cc1. The van der Waals surface area contributed by atoms with Crippen molar-refractivity contribution >= 4 is 5.91 Å². The van der Waals surface area contributed by atoms with Gasteiger partial charge in [0.2, 0.25) is 5.91 Å². The van der Waals surface area contributed by atoms with Gasteiger partial charge in [0.15, 0.2) is 0 Å². The molecule has 1 rings (SSSR count). The molecule has 2 N–H and O–H groups in total. The van der Waals surface area contributed by atoms with Gasteiger partial charge in [0, 0.05) is 19.7 Å². The van der Waals surface area contributed by atoms with Crippen LogP contribution >= 0.6 is 0 Å². The van der Waals surface area contributed by atoms with Crippen molar-refractivity contribution < 1.29 is 9.53 Å². The van der Waals surface area contributed by atoms with E-state index in [1.165, 1.54) is 0 Å². The number of ether oxygens (including phenoxy) is 1. The Morgan fingerprint density at radius 3 is 2.26 bits per heavy atom. The van der Waals surface area contributed by atoms with E-state index in [1.54, 1.807) is 7.11 Å². The first kappa shape index (κ1) is 15.7. The summed E-state index contributed by atoms with van der Waals surface area (Å²) in [5.41, 5.74) is 2.31. The molecule has 1 atom stereocenters. The molecule has 1 aromatic rings. The number of amides is 1. The molecule has 19 heavy (non-hydrogen) atoms. The van der Waals surface area contributed by atoms with Crippen molar-refractivity contribution in [2.75, 3.05) is 7.11 Å². The van der Waals surface area contributed by atoms with Gasteiger partial charge in [-0.2, -0.15) is 0 Å². The quantitative estimate of drug-likeness (QED) is 0.790. The largest absolute Gasteiger partial charge is 0.380 e.